The topological polar surface area (TPSA) is 37.3 Å². The van der Waals surface area contributed by atoms with E-state index in [1.54, 1.807) is 6.07 Å². The number of aromatic carboxylic acids is 1. The summed E-state index contributed by atoms with van der Waals surface area (Å²) >= 11 is 1.86. The molecule has 0 unspecified atom stereocenters. The van der Waals surface area contributed by atoms with Crippen LogP contribution in [0.3, 0.4) is 0 Å². The molecule has 98 valence electrons. The zero-order valence-electron chi connectivity index (χ0n) is 10.2. The van der Waals surface area contributed by atoms with E-state index < -0.39 is 11.8 Å². The fourth-order valence-electron chi connectivity index (χ4n) is 2.27. The lowest BCUT2D eigenvalue weighted by Crippen LogP contribution is -2.08. The second-order valence-corrected chi connectivity index (χ2v) is 5.98. The average molecular weight is 268 g/mol. The number of carboxylic acids is 1. The van der Waals surface area contributed by atoms with Crippen LogP contribution in [-0.2, 0) is 5.75 Å². The molecule has 0 heterocycles. The van der Waals surface area contributed by atoms with Crippen LogP contribution in [0.15, 0.2) is 18.2 Å². The molecule has 1 aliphatic rings. The molecule has 2 nitrogen and oxygen atoms in total. The van der Waals surface area contributed by atoms with Crippen LogP contribution in [0.2, 0.25) is 0 Å². The first kappa shape index (κ1) is 13.4. The molecule has 0 aromatic heterocycles. The summed E-state index contributed by atoms with van der Waals surface area (Å²) in [6.07, 6.45) is 6.42. The summed E-state index contributed by atoms with van der Waals surface area (Å²) in [5, 5.41) is 9.43. The quantitative estimate of drug-likeness (QED) is 0.893. The number of hydrogen-bond acceptors (Lipinski definition) is 2. The Balaban J connectivity index is 1.93. The van der Waals surface area contributed by atoms with E-state index in [9.17, 15) is 9.18 Å². The van der Waals surface area contributed by atoms with Gasteiger partial charge in [-0.1, -0.05) is 25.3 Å². The van der Waals surface area contributed by atoms with Crippen LogP contribution >= 0.6 is 11.8 Å². The molecule has 0 aliphatic heterocycles. The van der Waals surface area contributed by atoms with Gasteiger partial charge in [0, 0.05) is 11.0 Å². The number of hydrogen-bond donors (Lipinski definition) is 1. The monoisotopic (exact) mass is 268 g/mol. The number of carbonyl (C=O) groups is 1. The van der Waals surface area contributed by atoms with Crippen molar-refractivity contribution in [2.24, 2.45) is 0 Å². The van der Waals surface area contributed by atoms with Gasteiger partial charge in [-0.25, -0.2) is 9.18 Å². The molecule has 1 aliphatic carbocycles. The summed E-state index contributed by atoms with van der Waals surface area (Å²) in [6.45, 7) is 0. The summed E-state index contributed by atoms with van der Waals surface area (Å²) in [6, 6.07) is 4.41. The van der Waals surface area contributed by atoms with Crippen molar-refractivity contribution in [3.63, 3.8) is 0 Å². The summed E-state index contributed by atoms with van der Waals surface area (Å²) in [7, 11) is 0. The first-order valence-electron chi connectivity index (χ1n) is 6.30. The number of rotatable bonds is 4. The van der Waals surface area contributed by atoms with Gasteiger partial charge in [-0.15, -0.1) is 0 Å². The maximum Gasteiger partial charge on any atom is 0.338 e. The molecule has 0 amide bonds. The smallest absolute Gasteiger partial charge is 0.338 e. The van der Waals surface area contributed by atoms with Crippen LogP contribution < -0.4 is 0 Å². The minimum atomic E-state index is -1.21. The molecule has 1 fully saturated rings. The fourth-order valence-corrected chi connectivity index (χ4v) is 3.54. The van der Waals surface area contributed by atoms with Crippen LogP contribution in [-0.4, -0.2) is 16.3 Å². The Kier molecular flexibility index (Phi) is 4.64. The molecule has 18 heavy (non-hydrogen) atoms. The van der Waals surface area contributed by atoms with Gasteiger partial charge >= 0.3 is 5.97 Å². The van der Waals surface area contributed by atoms with Crippen LogP contribution in [0.25, 0.3) is 0 Å². The van der Waals surface area contributed by atoms with Crippen molar-refractivity contribution in [3.8, 4) is 0 Å². The minimum Gasteiger partial charge on any atom is -0.478 e. The summed E-state index contributed by atoms with van der Waals surface area (Å²) < 4.78 is 13.5. The zero-order chi connectivity index (χ0) is 13.0. The third-order valence-corrected chi connectivity index (χ3v) is 4.74. The second-order valence-electron chi connectivity index (χ2n) is 4.69. The predicted octanol–water partition coefficient (Wildman–Crippen LogP) is 4.09. The molecule has 1 saturated carbocycles. The van der Waals surface area contributed by atoms with E-state index >= 15 is 0 Å². The number of carboxylic acid groups (broad SMARTS) is 1. The van der Waals surface area contributed by atoms with Gasteiger partial charge in [-0.3, -0.25) is 0 Å². The van der Waals surface area contributed by atoms with Crippen molar-refractivity contribution in [2.45, 2.75) is 43.1 Å². The standard InChI is InChI=1S/C14H17FO2S/c15-13-8-10(6-7-12(13)14(16)17)9-18-11-4-2-1-3-5-11/h6-8,11H,1-5,9H2,(H,16,17). The van der Waals surface area contributed by atoms with E-state index in [2.05, 4.69) is 0 Å². The number of thioether (sulfide) groups is 1. The van der Waals surface area contributed by atoms with Crippen LogP contribution in [0.5, 0.6) is 0 Å². The number of benzene rings is 1. The van der Waals surface area contributed by atoms with Gasteiger partial charge in [-0.05, 0) is 30.5 Å². The Morgan fingerprint density at radius 3 is 2.67 bits per heavy atom. The van der Waals surface area contributed by atoms with Crippen molar-refractivity contribution in [2.75, 3.05) is 0 Å². The second kappa shape index (κ2) is 6.23. The predicted molar refractivity (Wildman–Crippen MR) is 71.5 cm³/mol. The minimum absolute atomic E-state index is 0.249. The highest BCUT2D eigenvalue weighted by Crippen LogP contribution is 2.30. The Labute approximate surface area is 111 Å². The van der Waals surface area contributed by atoms with Gasteiger partial charge in [0.05, 0.1) is 5.56 Å². The van der Waals surface area contributed by atoms with E-state index in [4.69, 9.17) is 5.11 Å². The van der Waals surface area contributed by atoms with Crippen molar-refractivity contribution in [3.05, 3.63) is 35.1 Å². The lowest BCUT2D eigenvalue weighted by atomic mass is 10.0. The molecule has 1 aromatic rings. The maximum absolute atomic E-state index is 13.5. The molecule has 0 spiro atoms. The van der Waals surface area contributed by atoms with Gasteiger partial charge < -0.3 is 5.11 Å². The van der Waals surface area contributed by atoms with Crippen LogP contribution in [0.1, 0.15) is 48.0 Å². The first-order valence-corrected chi connectivity index (χ1v) is 7.35. The lowest BCUT2D eigenvalue weighted by Gasteiger charge is -2.20. The van der Waals surface area contributed by atoms with Crippen molar-refractivity contribution >= 4 is 17.7 Å². The molecule has 1 N–H and O–H groups in total. The number of halogens is 1. The van der Waals surface area contributed by atoms with Gasteiger partial charge in [0.1, 0.15) is 5.82 Å². The van der Waals surface area contributed by atoms with E-state index in [-0.39, 0.29) is 5.56 Å². The molecule has 1 aromatic carbocycles. The van der Waals surface area contributed by atoms with Crippen LogP contribution in [0.4, 0.5) is 4.39 Å². The Morgan fingerprint density at radius 1 is 1.33 bits per heavy atom. The lowest BCUT2D eigenvalue weighted by molar-refractivity contribution is 0.0692. The molecule has 2 rings (SSSR count). The third-order valence-electron chi connectivity index (χ3n) is 3.30. The van der Waals surface area contributed by atoms with E-state index in [0.29, 0.717) is 5.25 Å². The van der Waals surface area contributed by atoms with Crippen LogP contribution in [0, 0.1) is 5.82 Å². The van der Waals surface area contributed by atoms with Gasteiger partial charge in [0.2, 0.25) is 0 Å². The third kappa shape index (κ3) is 3.48. The Hall–Kier alpha value is -1.03. The molecular formula is C14H17FO2S. The average Bonchev–Trinajstić information content (AvgIpc) is 2.37. The summed E-state index contributed by atoms with van der Waals surface area (Å²) in [5.41, 5.74) is 0.620. The molecule has 0 bridgehead atoms. The fraction of sp³-hybridized carbons (Fsp3) is 0.500. The largest absolute Gasteiger partial charge is 0.478 e. The summed E-state index contributed by atoms with van der Waals surface area (Å²) in [4.78, 5) is 10.7. The van der Waals surface area contributed by atoms with Crippen molar-refractivity contribution in [1.82, 2.24) is 0 Å². The Bertz CT molecular complexity index is 428. The van der Waals surface area contributed by atoms with Crippen molar-refractivity contribution in [1.29, 1.82) is 0 Å². The van der Waals surface area contributed by atoms with E-state index in [1.165, 1.54) is 44.2 Å². The molecule has 0 radical (unpaired) electrons. The first-order chi connectivity index (χ1) is 8.66. The molecule has 0 atom stereocenters. The highest BCUT2D eigenvalue weighted by molar-refractivity contribution is 7.99. The highest BCUT2D eigenvalue weighted by atomic mass is 32.2. The van der Waals surface area contributed by atoms with Gasteiger partial charge in [-0.2, -0.15) is 11.8 Å². The highest BCUT2D eigenvalue weighted by Gasteiger charge is 2.15. The van der Waals surface area contributed by atoms with E-state index in [1.807, 2.05) is 11.8 Å². The van der Waals surface area contributed by atoms with Crippen molar-refractivity contribution < 1.29 is 14.3 Å². The molecular weight excluding hydrogens is 251 g/mol. The van der Waals surface area contributed by atoms with Gasteiger partial charge in [0.25, 0.3) is 0 Å². The molecule has 4 heteroatoms. The Morgan fingerprint density at radius 2 is 2.06 bits per heavy atom. The normalized spacial score (nSPS) is 16.7. The molecule has 0 saturated heterocycles. The SMILES string of the molecule is O=C(O)c1ccc(CSC2CCCCC2)cc1F. The van der Waals surface area contributed by atoms with Gasteiger partial charge in [0.15, 0.2) is 0 Å². The maximum atomic E-state index is 13.5. The summed E-state index contributed by atoms with van der Waals surface area (Å²) in [5.74, 6) is -1.08. The van der Waals surface area contributed by atoms with E-state index in [0.717, 1.165) is 11.3 Å². The zero-order valence-corrected chi connectivity index (χ0v) is 11.0.